The van der Waals surface area contributed by atoms with E-state index in [0.29, 0.717) is 30.9 Å². The number of nitrogens with one attached hydrogen (secondary N) is 1. The smallest absolute Gasteiger partial charge is 0.264 e. The number of aliphatic hydroxyl groups is 1. The van der Waals surface area contributed by atoms with Gasteiger partial charge in [-0.3, -0.25) is 9.10 Å². The molecule has 0 aliphatic heterocycles. The van der Waals surface area contributed by atoms with Crippen molar-refractivity contribution >= 4 is 33.4 Å². The van der Waals surface area contributed by atoms with Gasteiger partial charge in [0.05, 0.1) is 29.3 Å². The number of anilines is 1. The highest BCUT2D eigenvalue weighted by atomic mass is 32.2. The Morgan fingerprint density at radius 3 is 2.38 bits per heavy atom. The van der Waals surface area contributed by atoms with Gasteiger partial charge in [-0.05, 0) is 74.6 Å². The van der Waals surface area contributed by atoms with Crippen LogP contribution in [0.25, 0.3) is 0 Å². The fourth-order valence-corrected chi connectivity index (χ4v) is 5.56. The quantitative estimate of drug-likeness (QED) is 0.536. The van der Waals surface area contributed by atoms with E-state index in [-0.39, 0.29) is 17.5 Å². The number of carbonyl (C=O) groups excluding carboxylic acids is 1. The fourth-order valence-electron chi connectivity index (χ4n) is 3.73. The van der Waals surface area contributed by atoms with Crippen molar-refractivity contribution in [1.29, 1.82) is 0 Å². The molecular weight excluding hydrogens is 448 g/mol. The molecule has 2 atom stereocenters. The second-order valence-corrected chi connectivity index (χ2v) is 10.4. The van der Waals surface area contributed by atoms with Gasteiger partial charge in [0.1, 0.15) is 12.3 Å². The predicted octanol–water partition coefficient (Wildman–Crippen LogP) is 3.42. The molecule has 1 aliphatic rings. The Labute approximate surface area is 194 Å². The van der Waals surface area contributed by atoms with Crippen LogP contribution in [0.1, 0.15) is 32.6 Å². The largest absolute Gasteiger partial charge is 0.494 e. The number of rotatable bonds is 9. The lowest BCUT2D eigenvalue weighted by Crippen LogP contribution is -2.49. The molecule has 0 radical (unpaired) electrons. The van der Waals surface area contributed by atoms with Gasteiger partial charge in [-0.1, -0.05) is 12.8 Å². The lowest BCUT2D eigenvalue weighted by atomic mass is 9.92. The number of hydrogen-bond acceptors (Lipinski definition) is 6. The first-order valence-electron chi connectivity index (χ1n) is 10.7. The van der Waals surface area contributed by atoms with Crippen LogP contribution < -0.4 is 14.4 Å². The van der Waals surface area contributed by atoms with E-state index < -0.39 is 22.0 Å². The summed E-state index contributed by atoms with van der Waals surface area (Å²) in [6.07, 6.45) is 4.46. The molecule has 1 amide bonds. The number of benzene rings is 2. The highest BCUT2D eigenvalue weighted by Crippen LogP contribution is 2.27. The summed E-state index contributed by atoms with van der Waals surface area (Å²) in [5, 5.41) is 13.0. The number of nitrogens with zero attached hydrogens (tertiary/aromatic N) is 1. The summed E-state index contributed by atoms with van der Waals surface area (Å²) < 4.78 is 33.5. The lowest BCUT2D eigenvalue weighted by molar-refractivity contribution is -0.121. The molecule has 1 aliphatic carbocycles. The van der Waals surface area contributed by atoms with E-state index in [1.165, 1.54) is 11.8 Å². The van der Waals surface area contributed by atoms with Crippen molar-refractivity contribution in [3.05, 3.63) is 48.5 Å². The molecule has 0 aromatic heterocycles. The molecule has 32 heavy (non-hydrogen) atoms. The lowest BCUT2D eigenvalue weighted by Gasteiger charge is -2.30. The van der Waals surface area contributed by atoms with Crippen LogP contribution in [0.2, 0.25) is 0 Å². The molecule has 2 N–H and O–H groups in total. The van der Waals surface area contributed by atoms with Gasteiger partial charge in [0.25, 0.3) is 10.0 Å². The Hall–Kier alpha value is -2.23. The van der Waals surface area contributed by atoms with Gasteiger partial charge < -0.3 is 15.2 Å². The maximum atomic E-state index is 13.5. The van der Waals surface area contributed by atoms with Crippen LogP contribution in [-0.2, 0) is 14.8 Å². The van der Waals surface area contributed by atoms with E-state index in [2.05, 4.69) is 5.32 Å². The summed E-state index contributed by atoms with van der Waals surface area (Å²) in [6, 6.07) is 12.8. The minimum Gasteiger partial charge on any atom is -0.494 e. The third kappa shape index (κ3) is 5.96. The molecule has 1 saturated carbocycles. The number of carbonyl (C=O) groups is 1. The van der Waals surface area contributed by atoms with Gasteiger partial charge in [0.2, 0.25) is 5.91 Å². The van der Waals surface area contributed by atoms with E-state index in [9.17, 15) is 18.3 Å². The maximum absolute atomic E-state index is 13.5. The third-order valence-corrected chi connectivity index (χ3v) is 7.98. The Morgan fingerprint density at radius 1 is 1.12 bits per heavy atom. The van der Waals surface area contributed by atoms with Crippen molar-refractivity contribution < 1.29 is 23.1 Å². The SMILES string of the molecule is CCOc1ccc(N(CC(=O)N[C@H]2CCCC[C@@H]2O)S(=O)(=O)c2ccc(SC)cc2)cc1. The standard InChI is InChI=1S/C23H30N2O5S2/c1-3-30-18-10-8-17(9-11-18)25(16-23(27)24-21-6-4-5-7-22(21)26)32(28,29)20-14-12-19(31-2)13-15-20/h8-15,21-22,26H,3-7,16H2,1-2H3,(H,24,27)/t21-,22-/m0/s1. The minimum absolute atomic E-state index is 0.106. The Kier molecular flexibility index (Phi) is 8.44. The Bertz CT molecular complexity index is 994. The van der Waals surface area contributed by atoms with E-state index >= 15 is 0 Å². The van der Waals surface area contributed by atoms with Gasteiger partial charge in [0, 0.05) is 4.90 Å². The molecule has 0 spiro atoms. The first-order valence-corrected chi connectivity index (χ1v) is 13.4. The monoisotopic (exact) mass is 478 g/mol. The van der Waals surface area contributed by atoms with Crippen molar-refractivity contribution in [2.75, 3.05) is 23.7 Å². The van der Waals surface area contributed by atoms with E-state index in [1.807, 2.05) is 13.2 Å². The summed E-state index contributed by atoms with van der Waals surface area (Å²) in [7, 11) is -3.99. The summed E-state index contributed by atoms with van der Waals surface area (Å²) in [6.45, 7) is 1.98. The number of thioether (sulfide) groups is 1. The van der Waals surface area contributed by atoms with Crippen LogP contribution >= 0.6 is 11.8 Å². The van der Waals surface area contributed by atoms with Gasteiger partial charge in [-0.2, -0.15) is 0 Å². The van der Waals surface area contributed by atoms with E-state index in [0.717, 1.165) is 22.0 Å². The van der Waals surface area contributed by atoms with E-state index in [1.54, 1.807) is 48.5 Å². The first kappa shape index (κ1) is 24.4. The molecule has 3 rings (SSSR count). The van der Waals surface area contributed by atoms with Crippen LogP contribution in [0.15, 0.2) is 58.3 Å². The maximum Gasteiger partial charge on any atom is 0.264 e. The number of ether oxygens (including phenoxy) is 1. The van der Waals surface area contributed by atoms with Crippen molar-refractivity contribution in [2.24, 2.45) is 0 Å². The first-order chi connectivity index (χ1) is 15.3. The second kappa shape index (κ2) is 11.1. The van der Waals surface area contributed by atoms with Gasteiger partial charge in [-0.15, -0.1) is 11.8 Å². The zero-order valence-corrected chi connectivity index (χ0v) is 20.0. The molecule has 7 nitrogen and oxygen atoms in total. The Morgan fingerprint density at radius 2 is 1.78 bits per heavy atom. The predicted molar refractivity (Wildman–Crippen MR) is 127 cm³/mol. The molecule has 174 valence electrons. The minimum atomic E-state index is -3.99. The Balaban J connectivity index is 1.88. The van der Waals surface area contributed by atoms with Gasteiger partial charge in [0.15, 0.2) is 0 Å². The summed E-state index contributed by atoms with van der Waals surface area (Å²) >= 11 is 1.52. The number of amides is 1. The fraction of sp³-hybridized carbons (Fsp3) is 0.435. The molecule has 0 heterocycles. The van der Waals surface area contributed by atoms with Crippen molar-refractivity contribution in [2.45, 2.75) is 54.5 Å². The molecule has 9 heteroatoms. The second-order valence-electron chi connectivity index (χ2n) is 7.64. The number of hydrogen-bond donors (Lipinski definition) is 2. The summed E-state index contributed by atoms with van der Waals surface area (Å²) in [5.74, 6) is 0.168. The number of aliphatic hydroxyl groups excluding tert-OH is 1. The van der Waals surface area contributed by atoms with Crippen LogP contribution in [0.5, 0.6) is 5.75 Å². The third-order valence-electron chi connectivity index (χ3n) is 5.45. The zero-order valence-electron chi connectivity index (χ0n) is 18.4. The average Bonchev–Trinajstić information content (AvgIpc) is 2.80. The summed E-state index contributed by atoms with van der Waals surface area (Å²) in [4.78, 5) is 13.9. The van der Waals surface area contributed by atoms with Crippen LogP contribution in [0.3, 0.4) is 0 Å². The molecule has 0 saturated heterocycles. The topological polar surface area (TPSA) is 95.9 Å². The van der Waals surface area contributed by atoms with Crippen LogP contribution in [0.4, 0.5) is 5.69 Å². The average molecular weight is 479 g/mol. The normalized spacial score (nSPS) is 18.7. The zero-order chi connectivity index (χ0) is 23.1. The molecule has 0 bridgehead atoms. The van der Waals surface area contributed by atoms with Crippen molar-refractivity contribution in [3.63, 3.8) is 0 Å². The van der Waals surface area contributed by atoms with Crippen molar-refractivity contribution in [1.82, 2.24) is 5.32 Å². The van der Waals surface area contributed by atoms with Gasteiger partial charge >= 0.3 is 0 Å². The van der Waals surface area contributed by atoms with Crippen LogP contribution in [-0.4, -0.2) is 51.0 Å². The van der Waals surface area contributed by atoms with E-state index in [4.69, 9.17) is 4.74 Å². The number of sulfonamides is 1. The molecule has 2 aromatic rings. The molecule has 2 aromatic carbocycles. The molecular formula is C23H30N2O5S2. The highest BCUT2D eigenvalue weighted by Gasteiger charge is 2.30. The van der Waals surface area contributed by atoms with Crippen molar-refractivity contribution in [3.8, 4) is 5.75 Å². The van der Waals surface area contributed by atoms with Crippen LogP contribution in [0, 0.1) is 0 Å². The van der Waals surface area contributed by atoms with Gasteiger partial charge in [-0.25, -0.2) is 8.42 Å². The summed E-state index contributed by atoms with van der Waals surface area (Å²) in [5.41, 5.74) is 0.363. The highest BCUT2D eigenvalue weighted by molar-refractivity contribution is 7.98. The molecule has 0 unspecified atom stereocenters. The molecule has 1 fully saturated rings.